The smallest absolute Gasteiger partial charge is 0.325 e. The van der Waals surface area contributed by atoms with Gasteiger partial charge in [-0.1, -0.05) is 25.3 Å². The molecule has 1 fully saturated rings. The number of rotatable bonds is 7. The van der Waals surface area contributed by atoms with Gasteiger partial charge in [-0.25, -0.2) is 0 Å². The van der Waals surface area contributed by atoms with E-state index in [-0.39, 0.29) is 19.2 Å². The lowest BCUT2D eigenvalue weighted by atomic mass is 9.92. The van der Waals surface area contributed by atoms with Gasteiger partial charge in [0.2, 0.25) is 5.78 Å². The maximum Gasteiger partial charge on any atom is 0.325 e. The molecule has 7 nitrogen and oxygen atoms in total. The van der Waals surface area contributed by atoms with E-state index in [1.54, 1.807) is 20.1 Å². The van der Waals surface area contributed by atoms with Crippen LogP contribution in [-0.4, -0.2) is 55.4 Å². The van der Waals surface area contributed by atoms with Crippen molar-refractivity contribution in [1.29, 1.82) is 0 Å². The molecule has 0 saturated heterocycles. The fraction of sp³-hybridized carbons (Fsp3) is 0.571. The van der Waals surface area contributed by atoms with Crippen molar-refractivity contribution >= 4 is 23.3 Å². The van der Waals surface area contributed by atoms with Crippen LogP contribution in [0.5, 0.6) is 5.75 Å². The van der Waals surface area contributed by atoms with Crippen molar-refractivity contribution in [2.75, 3.05) is 32.1 Å². The van der Waals surface area contributed by atoms with Crippen LogP contribution in [0, 0.1) is 0 Å². The number of carbonyl (C=O) groups excluding carboxylic acids is 3. The monoisotopic (exact) mass is 388 g/mol. The second kappa shape index (κ2) is 9.08. The first-order chi connectivity index (χ1) is 13.5. The molecule has 1 N–H and O–H groups in total. The van der Waals surface area contributed by atoms with E-state index >= 15 is 0 Å². The van der Waals surface area contributed by atoms with Crippen molar-refractivity contribution in [3.63, 3.8) is 0 Å². The summed E-state index contributed by atoms with van der Waals surface area (Å²) in [6, 6.07) is 5.35. The van der Waals surface area contributed by atoms with Gasteiger partial charge in [-0.15, -0.1) is 0 Å². The second-order valence-corrected chi connectivity index (χ2v) is 7.28. The third kappa shape index (κ3) is 4.29. The quantitative estimate of drug-likeness (QED) is 0.571. The summed E-state index contributed by atoms with van der Waals surface area (Å²) in [6.45, 7) is 2.18. The number of hydrogen-bond acceptors (Lipinski definition) is 6. The zero-order valence-electron chi connectivity index (χ0n) is 16.5. The third-order valence-corrected chi connectivity index (χ3v) is 5.54. The Hall–Kier alpha value is -2.57. The highest BCUT2D eigenvalue weighted by Crippen LogP contribution is 2.35. The summed E-state index contributed by atoms with van der Waals surface area (Å²) in [7, 11) is 1.58. The number of benzene rings is 1. The molecule has 3 rings (SSSR count). The van der Waals surface area contributed by atoms with Gasteiger partial charge < -0.3 is 19.7 Å². The molecule has 1 atom stereocenters. The normalized spacial score (nSPS) is 18.7. The Morgan fingerprint density at radius 3 is 2.61 bits per heavy atom. The molecular formula is C21H28N2O5. The molecule has 152 valence electrons. The average molecular weight is 388 g/mol. The molecule has 1 aromatic carbocycles. The second-order valence-electron chi connectivity index (χ2n) is 7.28. The summed E-state index contributed by atoms with van der Waals surface area (Å²) in [5.74, 6) is -1.40. The lowest BCUT2D eigenvalue weighted by Crippen LogP contribution is -2.49. The molecule has 0 spiro atoms. The van der Waals surface area contributed by atoms with Crippen molar-refractivity contribution in [1.82, 2.24) is 4.90 Å². The molecule has 1 amide bonds. The number of methoxy groups -OCH3 is 1. The van der Waals surface area contributed by atoms with Gasteiger partial charge in [0, 0.05) is 24.3 Å². The minimum atomic E-state index is -0.588. The molecule has 1 heterocycles. The van der Waals surface area contributed by atoms with Crippen LogP contribution < -0.4 is 10.1 Å². The number of esters is 1. The number of Topliss-reactive ketones (excluding diaryl/α,β-unsaturated/α-hetero) is 1. The van der Waals surface area contributed by atoms with Crippen molar-refractivity contribution in [2.45, 2.75) is 51.0 Å². The molecule has 0 radical (unpaired) electrons. The Morgan fingerprint density at radius 1 is 1.18 bits per heavy atom. The summed E-state index contributed by atoms with van der Waals surface area (Å²) < 4.78 is 10.2. The van der Waals surface area contributed by atoms with E-state index in [9.17, 15) is 14.4 Å². The highest BCUT2D eigenvalue weighted by molar-refractivity contribution is 6.39. The van der Waals surface area contributed by atoms with Crippen molar-refractivity contribution < 1.29 is 23.9 Å². The molecule has 1 aliphatic heterocycles. The Balaban J connectivity index is 1.78. The lowest BCUT2D eigenvalue weighted by molar-refractivity contribution is -0.154. The number of anilines is 1. The summed E-state index contributed by atoms with van der Waals surface area (Å²) in [6.07, 6.45) is 4.75. The zero-order valence-corrected chi connectivity index (χ0v) is 16.5. The Labute approximate surface area is 165 Å². The van der Waals surface area contributed by atoms with Crippen LogP contribution in [-0.2, 0) is 19.1 Å². The molecular weight excluding hydrogens is 360 g/mol. The van der Waals surface area contributed by atoms with Gasteiger partial charge in [-0.05, 0) is 31.4 Å². The van der Waals surface area contributed by atoms with Crippen LogP contribution in [0.3, 0.4) is 0 Å². The minimum absolute atomic E-state index is 0.0840. The molecule has 0 bridgehead atoms. The Kier molecular flexibility index (Phi) is 6.54. The fourth-order valence-electron chi connectivity index (χ4n) is 4.07. The first-order valence-corrected chi connectivity index (χ1v) is 9.97. The first kappa shape index (κ1) is 20.2. The van der Waals surface area contributed by atoms with E-state index in [4.69, 9.17) is 9.47 Å². The van der Waals surface area contributed by atoms with Crippen LogP contribution in [0.4, 0.5) is 5.69 Å². The molecule has 0 aromatic heterocycles. The number of hydrogen-bond donors (Lipinski definition) is 1. The standard InChI is InChI=1S/C21H28N2O5/c1-3-28-19(24)13-23(14-7-5-4-6-8-14)21(26)20(25)17-12-22-18-11-15(27-2)9-10-16(17)18/h9-11,14,17,22H,3-8,12-13H2,1-2H3. The molecule has 1 saturated carbocycles. The van der Waals surface area contributed by atoms with Crippen LogP contribution >= 0.6 is 0 Å². The lowest BCUT2D eigenvalue weighted by Gasteiger charge is -2.33. The topological polar surface area (TPSA) is 84.9 Å². The number of fused-ring (bicyclic) bond motifs is 1. The predicted octanol–water partition coefficient (Wildman–Crippen LogP) is 2.50. The molecule has 7 heteroatoms. The number of carbonyl (C=O) groups is 3. The van der Waals surface area contributed by atoms with E-state index in [0.717, 1.165) is 43.4 Å². The van der Waals surface area contributed by atoms with E-state index in [1.165, 1.54) is 4.90 Å². The maximum absolute atomic E-state index is 13.1. The SMILES string of the molecule is CCOC(=O)CN(C(=O)C(=O)C1CNc2cc(OC)ccc21)C1CCCCC1. The van der Waals surface area contributed by atoms with Gasteiger partial charge >= 0.3 is 5.97 Å². The summed E-state index contributed by atoms with van der Waals surface area (Å²) in [4.78, 5) is 39.7. The number of nitrogens with one attached hydrogen (secondary N) is 1. The van der Waals surface area contributed by atoms with Gasteiger partial charge in [-0.2, -0.15) is 0 Å². The zero-order chi connectivity index (χ0) is 20.1. The van der Waals surface area contributed by atoms with Gasteiger partial charge in [0.05, 0.1) is 19.6 Å². The number of ether oxygens (including phenoxy) is 2. The summed E-state index contributed by atoms with van der Waals surface area (Å²) in [5, 5.41) is 3.18. The van der Waals surface area contributed by atoms with Gasteiger partial charge in [0.25, 0.3) is 5.91 Å². The molecule has 28 heavy (non-hydrogen) atoms. The van der Waals surface area contributed by atoms with Gasteiger partial charge in [0.1, 0.15) is 12.3 Å². The first-order valence-electron chi connectivity index (χ1n) is 9.97. The van der Waals surface area contributed by atoms with Crippen molar-refractivity contribution in [2.24, 2.45) is 0 Å². The maximum atomic E-state index is 13.1. The highest BCUT2D eigenvalue weighted by Gasteiger charge is 2.38. The number of ketones is 1. The third-order valence-electron chi connectivity index (χ3n) is 5.54. The van der Waals surface area contributed by atoms with Gasteiger partial charge in [0.15, 0.2) is 0 Å². The molecule has 2 aliphatic rings. The average Bonchev–Trinajstić information content (AvgIpc) is 3.15. The fourth-order valence-corrected chi connectivity index (χ4v) is 4.07. The Bertz CT molecular complexity index is 742. The van der Waals surface area contributed by atoms with E-state index in [2.05, 4.69) is 5.32 Å². The number of nitrogens with zero attached hydrogens (tertiary/aromatic N) is 1. The molecule has 1 unspecified atom stereocenters. The van der Waals surface area contributed by atoms with Gasteiger partial charge in [-0.3, -0.25) is 14.4 Å². The van der Waals surface area contributed by atoms with Crippen LogP contribution in [0.15, 0.2) is 18.2 Å². The van der Waals surface area contributed by atoms with Crippen molar-refractivity contribution in [3.05, 3.63) is 23.8 Å². The largest absolute Gasteiger partial charge is 0.497 e. The van der Waals surface area contributed by atoms with E-state index in [1.807, 2.05) is 12.1 Å². The van der Waals surface area contributed by atoms with E-state index < -0.39 is 23.6 Å². The van der Waals surface area contributed by atoms with Crippen LogP contribution in [0.25, 0.3) is 0 Å². The minimum Gasteiger partial charge on any atom is -0.497 e. The number of amides is 1. The highest BCUT2D eigenvalue weighted by atomic mass is 16.5. The van der Waals surface area contributed by atoms with Crippen LogP contribution in [0.2, 0.25) is 0 Å². The van der Waals surface area contributed by atoms with E-state index in [0.29, 0.717) is 12.3 Å². The Morgan fingerprint density at radius 2 is 1.93 bits per heavy atom. The molecule has 1 aliphatic carbocycles. The summed E-state index contributed by atoms with van der Waals surface area (Å²) in [5.41, 5.74) is 1.60. The van der Waals surface area contributed by atoms with Crippen molar-refractivity contribution in [3.8, 4) is 5.75 Å². The predicted molar refractivity (Wildman–Crippen MR) is 104 cm³/mol. The van der Waals surface area contributed by atoms with Crippen LogP contribution in [0.1, 0.15) is 50.5 Å². The summed E-state index contributed by atoms with van der Waals surface area (Å²) >= 11 is 0. The molecule has 1 aromatic rings.